The standard InChI is InChI=1S/C17H28BrNO3/c1-4-7-8-22-17-10-15(18)13(9-16(17)21-6-3)11-19-14(5-2)12-20/h9-10,14,19-20H,4-8,11-12H2,1-3H3/p+1/t14-/m0/s1. The summed E-state index contributed by atoms with van der Waals surface area (Å²) < 4.78 is 12.6. The number of ether oxygens (including phenoxy) is 2. The highest BCUT2D eigenvalue weighted by atomic mass is 79.9. The number of halogens is 1. The molecule has 4 nitrogen and oxygen atoms in total. The van der Waals surface area contributed by atoms with Crippen LogP contribution < -0.4 is 14.8 Å². The van der Waals surface area contributed by atoms with Gasteiger partial charge in [-0.3, -0.25) is 0 Å². The molecule has 0 spiro atoms. The van der Waals surface area contributed by atoms with Gasteiger partial charge in [0.1, 0.15) is 12.6 Å². The van der Waals surface area contributed by atoms with Crippen molar-refractivity contribution in [2.75, 3.05) is 19.8 Å². The second kappa shape index (κ2) is 10.9. The third kappa shape index (κ3) is 6.15. The maximum atomic E-state index is 9.29. The average Bonchev–Trinajstić information content (AvgIpc) is 2.52. The number of nitrogens with two attached hydrogens (primary N) is 1. The van der Waals surface area contributed by atoms with Gasteiger partial charge in [0.2, 0.25) is 0 Å². The van der Waals surface area contributed by atoms with Crippen molar-refractivity contribution in [2.45, 2.75) is 52.6 Å². The highest BCUT2D eigenvalue weighted by Crippen LogP contribution is 2.33. The Labute approximate surface area is 142 Å². The Hall–Kier alpha value is -0.780. The van der Waals surface area contributed by atoms with Crippen molar-refractivity contribution in [2.24, 2.45) is 0 Å². The molecule has 1 aromatic rings. The number of quaternary nitrogens is 1. The number of unbranched alkanes of at least 4 members (excludes halogenated alkanes) is 1. The lowest BCUT2D eigenvalue weighted by atomic mass is 10.1. The van der Waals surface area contributed by atoms with E-state index in [1.165, 1.54) is 0 Å². The Morgan fingerprint density at radius 1 is 1.18 bits per heavy atom. The van der Waals surface area contributed by atoms with E-state index in [1.807, 2.05) is 19.1 Å². The highest BCUT2D eigenvalue weighted by Gasteiger charge is 2.14. The molecule has 0 fully saturated rings. The lowest BCUT2D eigenvalue weighted by Gasteiger charge is -2.16. The summed E-state index contributed by atoms with van der Waals surface area (Å²) >= 11 is 3.62. The van der Waals surface area contributed by atoms with Gasteiger partial charge in [-0.15, -0.1) is 0 Å². The zero-order chi connectivity index (χ0) is 16.4. The van der Waals surface area contributed by atoms with E-state index in [9.17, 15) is 5.11 Å². The largest absolute Gasteiger partial charge is 0.490 e. The molecule has 0 amide bonds. The van der Waals surface area contributed by atoms with Gasteiger partial charge in [0.25, 0.3) is 0 Å². The van der Waals surface area contributed by atoms with E-state index in [1.54, 1.807) is 0 Å². The zero-order valence-corrected chi connectivity index (χ0v) is 15.5. The van der Waals surface area contributed by atoms with Crippen LogP contribution in [0.5, 0.6) is 11.5 Å². The minimum atomic E-state index is 0.199. The van der Waals surface area contributed by atoms with E-state index in [0.29, 0.717) is 13.2 Å². The first kappa shape index (κ1) is 19.3. The summed E-state index contributed by atoms with van der Waals surface area (Å²) in [7, 11) is 0. The lowest BCUT2D eigenvalue weighted by molar-refractivity contribution is -0.706. The van der Waals surface area contributed by atoms with Crippen molar-refractivity contribution in [1.82, 2.24) is 0 Å². The van der Waals surface area contributed by atoms with Gasteiger partial charge in [0.05, 0.1) is 19.8 Å². The molecule has 126 valence electrons. The lowest BCUT2D eigenvalue weighted by Crippen LogP contribution is -2.89. The van der Waals surface area contributed by atoms with Crippen molar-refractivity contribution in [3.8, 4) is 11.5 Å². The Morgan fingerprint density at radius 3 is 2.50 bits per heavy atom. The van der Waals surface area contributed by atoms with Gasteiger partial charge in [-0.2, -0.15) is 0 Å². The van der Waals surface area contributed by atoms with Crippen molar-refractivity contribution in [3.05, 3.63) is 22.2 Å². The molecule has 0 aliphatic heterocycles. The fraction of sp³-hybridized carbons (Fsp3) is 0.647. The van der Waals surface area contributed by atoms with Gasteiger partial charge in [-0.1, -0.05) is 36.2 Å². The molecule has 3 N–H and O–H groups in total. The first-order chi connectivity index (χ1) is 10.7. The summed E-state index contributed by atoms with van der Waals surface area (Å²) in [5.74, 6) is 1.59. The SMILES string of the molecule is CCCCOc1cc(Br)c(C[NH2+][C@@H](CC)CO)cc1OCC. The van der Waals surface area contributed by atoms with E-state index in [0.717, 1.165) is 47.3 Å². The van der Waals surface area contributed by atoms with Crippen LogP contribution in [0.4, 0.5) is 0 Å². The second-order valence-electron chi connectivity index (χ2n) is 5.32. The number of hydrogen-bond donors (Lipinski definition) is 2. The molecular formula is C17H29BrNO3+. The first-order valence-corrected chi connectivity index (χ1v) is 8.97. The molecule has 0 aliphatic carbocycles. The number of benzene rings is 1. The van der Waals surface area contributed by atoms with Crippen LogP contribution in [0.3, 0.4) is 0 Å². The summed E-state index contributed by atoms with van der Waals surface area (Å²) in [6, 6.07) is 4.27. The fourth-order valence-corrected chi connectivity index (χ4v) is 2.59. The Bertz CT molecular complexity index is 436. The number of hydrogen-bond acceptors (Lipinski definition) is 3. The normalized spacial score (nSPS) is 12.2. The number of aliphatic hydroxyl groups is 1. The van der Waals surface area contributed by atoms with Crippen LogP contribution in [0.2, 0.25) is 0 Å². The third-order valence-electron chi connectivity index (χ3n) is 3.60. The minimum Gasteiger partial charge on any atom is -0.490 e. The summed E-state index contributed by atoms with van der Waals surface area (Å²) in [5.41, 5.74) is 1.15. The van der Waals surface area contributed by atoms with Crippen LogP contribution in [0, 0.1) is 0 Å². The van der Waals surface area contributed by atoms with Gasteiger partial charge >= 0.3 is 0 Å². The minimum absolute atomic E-state index is 0.199. The Morgan fingerprint density at radius 2 is 1.91 bits per heavy atom. The monoisotopic (exact) mass is 374 g/mol. The van der Waals surface area contributed by atoms with Crippen LogP contribution in [0.15, 0.2) is 16.6 Å². The van der Waals surface area contributed by atoms with E-state index < -0.39 is 0 Å². The van der Waals surface area contributed by atoms with Gasteiger partial charge in [0, 0.05) is 10.0 Å². The highest BCUT2D eigenvalue weighted by molar-refractivity contribution is 9.10. The molecule has 0 heterocycles. The number of rotatable bonds is 11. The second-order valence-corrected chi connectivity index (χ2v) is 6.17. The van der Waals surface area contributed by atoms with Gasteiger partial charge in [-0.05, 0) is 31.9 Å². The van der Waals surface area contributed by atoms with E-state index >= 15 is 0 Å². The van der Waals surface area contributed by atoms with Gasteiger partial charge in [-0.25, -0.2) is 0 Å². The molecule has 0 aliphatic rings. The summed E-state index contributed by atoms with van der Waals surface area (Å²) in [6.07, 6.45) is 3.09. The van der Waals surface area contributed by atoms with E-state index in [4.69, 9.17) is 9.47 Å². The molecule has 1 rings (SSSR count). The molecule has 0 saturated carbocycles. The molecule has 0 radical (unpaired) electrons. The Balaban J connectivity index is 2.83. The molecule has 1 aromatic carbocycles. The average molecular weight is 375 g/mol. The van der Waals surface area contributed by atoms with Gasteiger partial charge < -0.3 is 19.9 Å². The van der Waals surface area contributed by atoms with Crippen molar-refractivity contribution < 1.29 is 19.9 Å². The van der Waals surface area contributed by atoms with Crippen LogP contribution in [-0.4, -0.2) is 31.0 Å². The molecule has 5 heteroatoms. The summed E-state index contributed by atoms with van der Waals surface area (Å²) in [5, 5.41) is 11.4. The van der Waals surface area contributed by atoms with Crippen molar-refractivity contribution >= 4 is 15.9 Å². The number of aliphatic hydroxyl groups excluding tert-OH is 1. The molecule has 0 aromatic heterocycles. The predicted octanol–water partition coefficient (Wildman–Crippen LogP) is 2.86. The molecule has 22 heavy (non-hydrogen) atoms. The zero-order valence-electron chi connectivity index (χ0n) is 13.9. The van der Waals surface area contributed by atoms with E-state index in [-0.39, 0.29) is 12.6 Å². The van der Waals surface area contributed by atoms with Crippen LogP contribution in [0.25, 0.3) is 0 Å². The van der Waals surface area contributed by atoms with Crippen molar-refractivity contribution in [1.29, 1.82) is 0 Å². The molecule has 0 unspecified atom stereocenters. The third-order valence-corrected chi connectivity index (χ3v) is 4.34. The van der Waals surface area contributed by atoms with Crippen LogP contribution >= 0.6 is 15.9 Å². The quantitative estimate of drug-likeness (QED) is 0.585. The van der Waals surface area contributed by atoms with Crippen LogP contribution in [0.1, 0.15) is 45.6 Å². The topological polar surface area (TPSA) is 55.3 Å². The predicted molar refractivity (Wildman–Crippen MR) is 92.5 cm³/mol. The summed E-state index contributed by atoms with van der Waals surface area (Å²) in [4.78, 5) is 0. The maximum absolute atomic E-state index is 9.29. The van der Waals surface area contributed by atoms with Crippen molar-refractivity contribution in [3.63, 3.8) is 0 Å². The summed E-state index contributed by atoms with van der Waals surface area (Å²) in [6.45, 7) is 8.53. The van der Waals surface area contributed by atoms with E-state index in [2.05, 4.69) is 35.1 Å². The Kier molecular flexibility index (Phi) is 9.52. The smallest absolute Gasteiger partial charge is 0.162 e. The molecule has 0 bridgehead atoms. The first-order valence-electron chi connectivity index (χ1n) is 8.18. The molecule has 0 saturated heterocycles. The maximum Gasteiger partial charge on any atom is 0.162 e. The van der Waals surface area contributed by atoms with Gasteiger partial charge in [0.15, 0.2) is 11.5 Å². The fourth-order valence-electron chi connectivity index (χ4n) is 2.11. The molecule has 1 atom stereocenters. The molecular weight excluding hydrogens is 346 g/mol. The van der Waals surface area contributed by atoms with Crippen LogP contribution in [-0.2, 0) is 6.54 Å².